The number of hydrogen-bond acceptors (Lipinski definition) is 4. The van der Waals surface area contributed by atoms with E-state index in [2.05, 4.69) is 9.97 Å². The molecule has 2 atom stereocenters. The topological polar surface area (TPSA) is 115 Å². The fourth-order valence-electron chi connectivity index (χ4n) is 0.870. The first kappa shape index (κ1) is 8.82. The van der Waals surface area contributed by atoms with Crippen molar-refractivity contribution >= 4 is 0 Å². The third-order valence-corrected chi connectivity index (χ3v) is 1.59. The highest BCUT2D eigenvalue weighted by molar-refractivity contribution is 5.20. The molecule has 0 amide bonds. The Hall–Kier alpha value is -1.27. The second-order valence-electron chi connectivity index (χ2n) is 2.61. The maximum Gasteiger partial charge on any atom is 0.326 e. The van der Waals surface area contributed by atoms with E-state index in [1.54, 1.807) is 0 Å². The van der Waals surface area contributed by atoms with Gasteiger partial charge in [-0.25, -0.2) is 4.79 Å². The largest absolute Gasteiger partial charge is 0.493 e. The van der Waals surface area contributed by atoms with Crippen LogP contribution in [0.1, 0.15) is 18.7 Å². The van der Waals surface area contributed by atoms with Crippen LogP contribution in [0.25, 0.3) is 0 Å². The number of aromatic amines is 2. The lowest BCUT2D eigenvalue weighted by Gasteiger charge is -2.11. The Balaban J connectivity index is 3.02. The first-order valence-electron chi connectivity index (χ1n) is 3.47. The molecule has 0 aliphatic heterocycles. The Bertz CT molecular complexity index is 314. The number of aliphatic hydroxyl groups excluding tert-OH is 1. The zero-order valence-corrected chi connectivity index (χ0v) is 6.53. The van der Waals surface area contributed by atoms with Gasteiger partial charge in [-0.15, -0.1) is 0 Å². The normalized spacial score (nSPS) is 15.9. The molecule has 6 nitrogen and oxygen atoms in total. The molecule has 1 heterocycles. The van der Waals surface area contributed by atoms with E-state index in [4.69, 9.17) is 15.9 Å². The zero-order chi connectivity index (χ0) is 9.30. The molecule has 0 radical (unpaired) electrons. The highest BCUT2D eigenvalue weighted by Gasteiger charge is 2.18. The van der Waals surface area contributed by atoms with Crippen LogP contribution in [-0.4, -0.2) is 26.3 Å². The third-order valence-electron chi connectivity index (χ3n) is 1.59. The predicted octanol–water partition coefficient (Wildman–Crippen LogP) is -1.21. The summed E-state index contributed by atoms with van der Waals surface area (Å²) in [5.74, 6) is -0.326. The van der Waals surface area contributed by atoms with Crippen molar-refractivity contribution < 1.29 is 10.2 Å². The summed E-state index contributed by atoms with van der Waals surface area (Å²) >= 11 is 0. The Morgan fingerprint density at radius 1 is 1.50 bits per heavy atom. The van der Waals surface area contributed by atoms with Gasteiger partial charge in [0.1, 0.15) is 0 Å². The molecule has 0 aliphatic rings. The number of aliphatic hydroxyl groups is 1. The molecular formula is C6H11N3O3. The Morgan fingerprint density at radius 2 is 2.08 bits per heavy atom. The summed E-state index contributed by atoms with van der Waals surface area (Å²) in [6.07, 6.45) is -0.831. The molecule has 0 aliphatic carbocycles. The zero-order valence-electron chi connectivity index (χ0n) is 6.53. The van der Waals surface area contributed by atoms with E-state index in [0.717, 1.165) is 0 Å². The minimum Gasteiger partial charge on any atom is -0.493 e. The van der Waals surface area contributed by atoms with Gasteiger partial charge < -0.3 is 20.9 Å². The average Bonchev–Trinajstić information content (AvgIpc) is 2.28. The molecular weight excluding hydrogens is 162 g/mol. The van der Waals surface area contributed by atoms with Crippen molar-refractivity contribution in [2.75, 3.05) is 0 Å². The van der Waals surface area contributed by atoms with E-state index in [-0.39, 0.29) is 11.6 Å². The SMILES string of the molecule is C[C@@H](O)[C@H](N)c1[nH]c(=O)[nH]c1O. The fourth-order valence-corrected chi connectivity index (χ4v) is 0.870. The van der Waals surface area contributed by atoms with E-state index in [0.29, 0.717) is 0 Å². The van der Waals surface area contributed by atoms with Gasteiger partial charge in [-0.05, 0) is 6.92 Å². The van der Waals surface area contributed by atoms with Crippen molar-refractivity contribution in [1.82, 2.24) is 9.97 Å². The van der Waals surface area contributed by atoms with E-state index < -0.39 is 17.8 Å². The molecule has 0 aromatic carbocycles. The number of hydrogen-bond donors (Lipinski definition) is 5. The van der Waals surface area contributed by atoms with Gasteiger partial charge in [-0.3, -0.25) is 4.98 Å². The number of nitrogens with two attached hydrogens (primary N) is 1. The number of aromatic nitrogens is 2. The van der Waals surface area contributed by atoms with Crippen LogP contribution in [0.15, 0.2) is 4.79 Å². The van der Waals surface area contributed by atoms with E-state index in [9.17, 15) is 4.79 Å². The first-order chi connectivity index (χ1) is 5.52. The van der Waals surface area contributed by atoms with E-state index in [1.165, 1.54) is 6.92 Å². The van der Waals surface area contributed by atoms with Crippen molar-refractivity contribution in [2.24, 2.45) is 5.73 Å². The van der Waals surface area contributed by atoms with Gasteiger partial charge in [0.05, 0.1) is 17.8 Å². The maximum absolute atomic E-state index is 10.6. The van der Waals surface area contributed by atoms with Crippen LogP contribution < -0.4 is 11.4 Å². The number of imidazole rings is 1. The molecule has 0 saturated carbocycles. The molecule has 0 spiro atoms. The summed E-state index contributed by atoms with van der Waals surface area (Å²) in [6, 6.07) is -0.788. The summed E-state index contributed by atoms with van der Waals surface area (Å²) in [6.45, 7) is 1.47. The smallest absolute Gasteiger partial charge is 0.326 e. The number of nitrogens with one attached hydrogen (secondary N) is 2. The van der Waals surface area contributed by atoms with Crippen molar-refractivity contribution in [2.45, 2.75) is 19.1 Å². The van der Waals surface area contributed by atoms with Gasteiger partial charge in [0.2, 0.25) is 5.88 Å². The summed E-state index contributed by atoms with van der Waals surface area (Å²) in [7, 11) is 0. The van der Waals surface area contributed by atoms with Crippen molar-refractivity contribution in [3.05, 3.63) is 16.2 Å². The van der Waals surface area contributed by atoms with Crippen molar-refractivity contribution in [3.63, 3.8) is 0 Å². The van der Waals surface area contributed by atoms with Crippen LogP contribution >= 0.6 is 0 Å². The van der Waals surface area contributed by atoms with Gasteiger partial charge in [-0.2, -0.15) is 0 Å². The minimum atomic E-state index is -0.831. The van der Waals surface area contributed by atoms with Gasteiger partial charge in [0.15, 0.2) is 0 Å². The molecule has 1 aromatic heterocycles. The van der Waals surface area contributed by atoms with Crippen LogP contribution in [0.4, 0.5) is 0 Å². The van der Waals surface area contributed by atoms with Crippen LogP contribution in [0.5, 0.6) is 5.88 Å². The molecule has 0 fully saturated rings. The van der Waals surface area contributed by atoms with Crippen LogP contribution in [0, 0.1) is 0 Å². The van der Waals surface area contributed by atoms with Gasteiger partial charge in [0, 0.05) is 0 Å². The number of H-pyrrole nitrogens is 2. The average molecular weight is 173 g/mol. The molecule has 0 unspecified atom stereocenters. The Morgan fingerprint density at radius 3 is 2.42 bits per heavy atom. The minimum absolute atomic E-state index is 0.120. The van der Waals surface area contributed by atoms with Crippen LogP contribution in [0.2, 0.25) is 0 Å². The number of aromatic hydroxyl groups is 1. The van der Waals surface area contributed by atoms with Gasteiger partial charge in [-0.1, -0.05) is 0 Å². The maximum atomic E-state index is 10.6. The molecule has 68 valence electrons. The lowest BCUT2D eigenvalue weighted by atomic mass is 10.1. The first-order valence-corrected chi connectivity index (χ1v) is 3.47. The molecule has 1 aromatic rings. The monoisotopic (exact) mass is 173 g/mol. The molecule has 1 rings (SSSR count). The molecule has 12 heavy (non-hydrogen) atoms. The lowest BCUT2D eigenvalue weighted by Crippen LogP contribution is -2.24. The molecule has 6 heteroatoms. The summed E-state index contributed by atoms with van der Waals surface area (Å²) in [4.78, 5) is 15.0. The van der Waals surface area contributed by atoms with Crippen LogP contribution in [-0.2, 0) is 0 Å². The Kier molecular flexibility index (Phi) is 2.20. The Labute approximate surface area is 68.0 Å². The van der Waals surface area contributed by atoms with E-state index in [1.807, 2.05) is 0 Å². The lowest BCUT2D eigenvalue weighted by molar-refractivity contribution is 0.161. The van der Waals surface area contributed by atoms with Crippen LogP contribution in [0.3, 0.4) is 0 Å². The highest BCUT2D eigenvalue weighted by atomic mass is 16.3. The predicted molar refractivity (Wildman–Crippen MR) is 41.7 cm³/mol. The second kappa shape index (κ2) is 3.00. The standard InChI is InChI=1S/C6H11N3O3/c1-2(10)3(7)4-5(11)9-6(12)8-4/h2-3,10-11H,7H2,1H3,(H2,8,9,12)/t2-,3+/m1/s1. The second-order valence-corrected chi connectivity index (χ2v) is 2.61. The molecule has 0 bridgehead atoms. The summed E-state index contributed by atoms with van der Waals surface area (Å²) in [5, 5.41) is 18.1. The summed E-state index contributed by atoms with van der Waals surface area (Å²) in [5.41, 5.74) is 5.03. The molecule has 0 saturated heterocycles. The van der Waals surface area contributed by atoms with E-state index >= 15 is 0 Å². The highest BCUT2D eigenvalue weighted by Crippen LogP contribution is 2.17. The fraction of sp³-hybridized carbons (Fsp3) is 0.500. The quantitative estimate of drug-likeness (QED) is 0.386. The molecule has 6 N–H and O–H groups in total. The van der Waals surface area contributed by atoms with Crippen molar-refractivity contribution in [1.29, 1.82) is 0 Å². The number of rotatable bonds is 2. The third kappa shape index (κ3) is 1.49. The van der Waals surface area contributed by atoms with Gasteiger partial charge >= 0.3 is 5.69 Å². The summed E-state index contributed by atoms with van der Waals surface area (Å²) < 4.78 is 0. The van der Waals surface area contributed by atoms with Gasteiger partial charge in [0.25, 0.3) is 0 Å². The van der Waals surface area contributed by atoms with Crippen molar-refractivity contribution in [3.8, 4) is 5.88 Å².